The molecule has 0 aromatic heterocycles. The first-order valence-electron chi connectivity index (χ1n) is 25.4. The topological polar surface area (TPSA) is 173 Å². The van der Waals surface area contributed by atoms with Crippen LogP contribution >= 0.6 is 0 Å². The average Bonchev–Trinajstić information content (AvgIpc) is 3.75. The van der Waals surface area contributed by atoms with Crippen LogP contribution in [0.3, 0.4) is 0 Å². The molecule has 2 N–H and O–H groups in total. The van der Waals surface area contributed by atoms with Crippen molar-refractivity contribution in [3.8, 4) is 0 Å². The predicted octanol–water partition coefficient (Wildman–Crippen LogP) is 6.91. The minimum atomic E-state index is -1.07. The van der Waals surface area contributed by atoms with E-state index in [1.165, 1.54) is 11.1 Å². The van der Waals surface area contributed by atoms with Crippen LogP contribution in [0.2, 0.25) is 0 Å². The summed E-state index contributed by atoms with van der Waals surface area (Å²) in [6, 6.07) is -1.85. The molecule has 0 spiro atoms. The average molecular weight is 949 g/mol. The SMILES string of the molecule is CC(=O)[C@H]1CCC2C3CCC4=CC(=O)CC(NC(CC(C)C)C(=O)[O-])[C@]4(C)C3CC[C@@]21C.CC(=O)[C@H]1CCC2C3CCC4=CC(=O)CC(NC(CC(C)C)C(=O)[O-])[C@]4(C)C3CC[C@@]21C.[Cu+2]. The van der Waals surface area contributed by atoms with Crippen molar-refractivity contribution in [1.29, 1.82) is 0 Å². The molecule has 8 aliphatic rings. The number of rotatable bonds is 12. The van der Waals surface area contributed by atoms with Gasteiger partial charge >= 0.3 is 17.1 Å². The zero-order valence-electron chi connectivity index (χ0n) is 41.1. The number of hydrogen-bond donors (Lipinski definition) is 2. The third-order valence-corrected chi connectivity index (χ3v) is 20.0. The van der Waals surface area contributed by atoms with Gasteiger partial charge in [-0.15, -0.1) is 0 Å². The monoisotopic (exact) mass is 948 g/mol. The summed E-state index contributed by atoms with van der Waals surface area (Å²) < 4.78 is 0. The Morgan fingerprint density at radius 1 is 0.585 bits per heavy atom. The standard InChI is InChI=1S/2C27H41NO4.Cu/c2*1-15(2)12-23(25(31)32)28-24-14-18(30)13-17-6-7-19-21-9-8-20(16(3)29)26(21,4)11-10-22(19)27(17,24)5;/h2*13,15,19-24,28H,6-12,14H2,1-5H3,(H,31,32);/q;;+2/p-2/t2*19?,20-,21?,22?,23?,24?,26-,27+;/m11./s1. The second kappa shape index (κ2) is 19.5. The number of ketones is 4. The summed E-state index contributed by atoms with van der Waals surface area (Å²) >= 11 is 0. The van der Waals surface area contributed by atoms with Gasteiger partial charge in [0.15, 0.2) is 11.6 Å². The number of carboxylic acids is 2. The fourth-order valence-corrected chi connectivity index (χ4v) is 17.0. The Kier molecular flexibility index (Phi) is 15.6. The van der Waals surface area contributed by atoms with Crippen molar-refractivity contribution in [2.45, 2.75) is 196 Å². The maximum atomic E-state index is 12.6. The van der Waals surface area contributed by atoms with Gasteiger partial charge in [-0.1, -0.05) is 66.5 Å². The van der Waals surface area contributed by atoms with E-state index in [-0.39, 0.29) is 86.1 Å². The summed E-state index contributed by atoms with van der Waals surface area (Å²) in [7, 11) is 0. The van der Waals surface area contributed by atoms with Crippen LogP contribution in [0, 0.1) is 80.8 Å². The van der Waals surface area contributed by atoms with E-state index in [9.17, 15) is 39.0 Å². The second-order valence-corrected chi connectivity index (χ2v) is 24.1. The molecule has 0 aliphatic heterocycles. The van der Waals surface area contributed by atoms with Crippen molar-refractivity contribution in [1.82, 2.24) is 10.6 Å². The molecular formula is C54H80CuN2O8. The Hall–Kier alpha value is -2.46. The van der Waals surface area contributed by atoms with E-state index in [2.05, 4.69) is 38.3 Å². The zero-order valence-corrected chi connectivity index (χ0v) is 42.1. The Morgan fingerprint density at radius 2 is 0.938 bits per heavy atom. The number of hydrogen-bond acceptors (Lipinski definition) is 10. The number of carboxylic acid groups (broad SMARTS) is 2. The molecule has 0 heterocycles. The van der Waals surface area contributed by atoms with Crippen molar-refractivity contribution in [3.05, 3.63) is 23.3 Å². The van der Waals surface area contributed by atoms with Crippen molar-refractivity contribution in [3.63, 3.8) is 0 Å². The predicted molar refractivity (Wildman–Crippen MR) is 243 cm³/mol. The Labute approximate surface area is 400 Å². The summed E-state index contributed by atoms with van der Waals surface area (Å²) in [6.07, 6.45) is 17.8. The van der Waals surface area contributed by atoms with Crippen LogP contribution in [0.1, 0.15) is 172 Å². The third kappa shape index (κ3) is 9.25. The van der Waals surface area contributed by atoms with Crippen LogP contribution in [-0.2, 0) is 45.8 Å². The van der Waals surface area contributed by atoms with Crippen LogP contribution < -0.4 is 20.8 Å². The van der Waals surface area contributed by atoms with Crippen LogP contribution in [-0.4, -0.2) is 59.2 Å². The fraction of sp³-hybridized carbons (Fsp3) is 0.815. The summed E-state index contributed by atoms with van der Waals surface area (Å²) in [5.41, 5.74) is 2.14. The maximum absolute atomic E-state index is 12.6. The molecule has 10 nitrogen and oxygen atoms in total. The van der Waals surface area contributed by atoms with Gasteiger partial charge in [-0.3, -0.25) is 19.2 Å². The fourth-order valence-electron chi connectivity index (χ4n) is 17.0. The van der Waals surface area contributed by atoms with Gasteiger partial charge in [0.05, 0.1) is 11.9 Å². The van der Waals surface area contributed by atoms with E-state index in [4.69, 9.17) is 0 Å². The molecular weight excluding hydrogens is 868 g/mol. The quantitative estimate of drug-likeness (QED) is 0.196. The Bertz CT molecular complexity index is 1810. The van der Waals surface area contributed by atoms with Gasteiger partial charge in [-0.05, 0) is 174 Å². The second-order valence-electron chi connectivity index (χ2n) is 24.1. The molecule has 6 fully saturated rings. The molecule has 0 aromatic rings. The van der Waals surface area contributed by atoms with Crippen LogP contribution in [0.15, 0.2) is 23.3 Å². The molecule has 0 saturated heterocycles. The minimum absolute atomic E-state index is 0. The molecule has 365 valence electrons. The Balaban J connectivity index is 0.000000212. The van der Waals surface area contributed by atoms with Gasteiger partial charge in [0, 0.05) is 59.7 Å². The van der Waals surface area contributed by atoms with Gasteiger partial charge < -0.3 is 30.4 Å². The summed E-state index contributed by atoms with van der Waals surface area (Å²) in [5, 5.41) is 30.7. The van der Waals surface area contributed by atoms with Crippen molar-refractivity contribution >= 4 is 35.1 Å². The summed E-state index contributed by atoms with van der Waals surface area (Å²) in [4.78, 5) is 73.9. The molecule has 16 atom stereocenters. The molecule has 6 saturated carbocycles. The van der Waals surface area contributed by atoms with Crippen LogP contribution in [0.25, 0.3) is 0 Å². The summed E-state index contributed by atoms with van der Waals surface area (Å²) in [6.45, 7) is 20.8. The molecule has 0 aromatic carbocycles. The largest absolute Gasteiger partial charge is 2.00 e. The zero-order chi connectivity index (χ0) is 46.8. The molecule has 8 aliphatic carbocycles. The summed E-state index contributed by atoms with van der Waals surface area (Å²) in [5.74, 6) is 2.51. The van der Waals surface area contributed by atoms with E-state index in [1.807, 2.05) is 39.8 Å². The van der Waals surface area contributed by atoms with Gasteiger partial charge in [-0.25, -0.2) is 0 Å². The number of carbonyl (C=O) groups is 6. The van der Waals surface area contributed by atoms with E-state index in [1.54, 1.807) is 13.8 Å². The van der Waals surface area contributed by atoms with Gasteiger partial charge in [-0.2, -0.15) is 0 Å². The van der Waals surface area contributed by atoms with Crippen molar-refractivity contribution in [2.24, 2.45) is 80.8 Å². The van der Waals surface area contributed by atoms with E-state index < -0.39 is 24.0 Å². The van der Waals surface area contributed by atoms with Crippen LogP contribution in [0.4, 0.5) is 0 Å². The van der Waals surface area contributed by atoms with Crippen LogP contribution in [0.5, 0.6) is 0 Å². The normalized spacial score (nSPS) is 41.4. The maximum Gasteiger partial charge on any atom is 2.00 e. The first kappa shape index (κ1) is 51.9. The van der Waals surface area contributed by atoms with E-state index >= 15 is 0 Å². The third-order valence-electron chi connectivity index (χ3n) is 20.0. The van der Waals surface area contributed by atoms with Gasteiger partial charge in [0.1, 0.15) is 11.6 Å². The molecule has 0 amide bonds. The minimum Gasteiger partial charge on any atom is -0.548 e. The number of aliphatic carboxylic acids is 2. The van der Waals surface area contributed by atoms with Crippen molar-refractivity contribution < 1.29 is 56.0 Å². The van der Waals surface area contributed by atoms with E-state index in [0.717, 1.165) is 77.0 Å². The van der Waals surface area contributed by atoms with E-state index in [0.29, 0.717) is 72.8 Å². The van der Waals surface area contributed by atoms with Gasteiger partial charge in [0.25, 0.3) is 0 Å². The smallest absolute Gasteiger partial charge is 0.548 e. The number of carbonyl (C=O) groups excluding carboxylic acids is 6. The number of nitrogens with one attached hydrogen (secondary N) is 2. The Morgan fingerprint density at radius 3 is 1.25 bits per heavy atom. The first-order valence-corrected chi connectivity index (χ1v) is 25.4. The van der Waals surface area contributed by atoms with Crippen molar-refractivity contribution in [2.75, 3.05) is 0 Å². The number of Topliss-reactive ketones (excluding diaryl/α,β-unsaturated/α-hetero) is 2. The molecule has 65 heavy (non-hydrogen) atoms. The molecule has 1 radical (unpaired) electrons. The molecule has 0 bridgehead atoms. The van der Waals surface area contributed by atoms with Gasteiger partial charge in [0.2, 0.25) is 0 Å². The molecule has 10 unspecified atom stereocenters. The first-order chi connectivity index (χ1) is 30.0. The molecule has 11 heteroatoms. The number of fused-ring (bicyclic) bond motifs is 10. The molecule has 8 rings (SSSR count).